The first-order valence-electron chi connectivity index (χ1n) is 8.02. The molecule has 1 fully saturated rings. The predicted molar refractivity (Wildman–Crippen MR) is 84.1 cm³/mol. The Morgan fingerprint density at radius 2 is 1.90 bits per heavy atom. The molecule has 0 atom stereocenters. The van der Waals surface area contributed by atoms with Gasteiger partial charge in [0.1, 0.15) is 6.54 Å². The smallest absolute Gasteiger partial charge is 0.254 e. The number of rotatable bonds is 5. The van der Waals surface area contributed by atoms with Gasteiger partial charge in [0.15, 0.2) is 0 Å². The van der Waals surface area contributed by atoms with Crippen LogP contribution in [0.25, 0.3) is 0 Å². The molecule has 0 N–H and O–H groups in total. The number of carbonyl (C=O) groups excluding carboxylic acids is 1. The normalized spacial score (nSPS) is 15.4. The largest absolute Gasteiger partial charge is 0.325 e. The van der Waals surface area contributed by atoms with E-state index >= 15 is 0 Å². The minimum atomic E-state index is -0.0337. The van der Waals surface area contributed by atoms with Crippen LogP contribution in [0, 0.1) is 11.3 Å². The summed E-state index contributed by atoms with van der Waals surface area (Å²) in [5.74, 6) is 0.627. The van der Waals surface area contributed by atoms with Crippen LogP contribution >= 0.6 is 0 Å². The van der Waals surface area contributed by atoms with Crippen LogP contribution in [0.4, 0.5) is 0 Å². The van der Waals surface area contributed by atoms with Crippen molar-refractivity contribution < 1.29 is 4.79 Å². The van der Waals surface area contributed by atoms with Gasteiger partial charge in [0, 0.05) is 12.1 Å². The summed E-state index contributed by atoms with van der Waals surface area (Å²) in [6, 6.07) is 10.1. The molecule has 3 nitrogen and oxygen atoms in total. The molecule has 1 aromatic carbocycles. The number of nitriles is 1. The zero-order valence-corrected chi connectivity index (χ0v) is 12.8. The molecule has 1 aromatic rings. The fourth-order valence-corrected chi connectivity index (χ4v) is 3.12. The maximum Gasteiger partial charge on any atom is 0.254 e. The number of benzene rings is 1. The van der Waals surface area contributed by atoms with Crippen molar-refractivity contribution in [3.8, 4) is 6.07 Å². The monoisotopic (exact) mass is 284 g/mol. The predicted octanol–water partition coefficient (Wildman–Crippen LogP) is 4.11. The first-order valence-corrected chi connectivity index (χ1v) is 8.02. The summed E-state index contributed by atoms with van der Waals surface area (Å²) < 4.78 is 0. The summed E-state index contributed by atoms with van der Waals surface area (Å²) in [6.07, 6.45) is 7.39. The first-order chi connectivity index (χ1) is 10.3. The maximum atomic E-state index is 12.4. The standard InChI is InChI=1S/C18H24N2O/c1-2-13-20(14-12-19)18(21)17-10-8-16(9-11-17)15-6-4-3-5-7-15/h8-11,15H,2-7,13-14H2,1H3. The molecule has 21 heavy (non-hydrogen) atoms. The number of hydrogen-bond acceptors (Lipinski definition) is 2. The average molecular weight is 284 g/mol. The topological polar surface area (TPSA) is 44.1 Å². The Labute approximate surface area is 127 Å². The summed E-state index contributed by atoms with van der Waals surface area (Å²) in [7, 11) is 0. The van der Waals surface area contributed by atoms with Crippen LogP contribution in [0.15, 0.2) is 24.3 Å². The van der Waals surface area contributed by atoms with Crippen LogP contribution in [-0.2, 0) is 0 Å². The lowest BCUT2D eigenvalue weighted by Gasteiger charge is -2.23. The van der Waals surface area contributed by atoms with E-state index < -0.39 is 0 Å². The van der Waals surface area contributed by atoms with E-state index in [1.165, 1.54) is 37.7 Å². The van der Waals surface area contributed by atoms with E-state index in [1.807, 2.05) is 19.1 Å². The Morgan fingerprint density at radius 1 is 1.24 bits per heavy atom. The summed E-state index contributed by atoms with van der Waals surface area (Å²) in [6.45, 7) is 2.82. The van der Waals surface area contributed by atoms with Gasteiger partial charge in [-0.05, 0) is 42.9 Å². The van der Waals surface area contributed by atoms with E-state index in [4.69, 9.17) is 5.26 Å². The third-order valence-corrected chi connectivity index (χ3v) is 4.28. The van der Waals surface area contributed by atoms with Crippen molar-refractivity contribution >= 4 is 5.91 Å². The van der Waals surface area contributed by atoms with Crippen molar-refractivity contribution in [1.82, 2.24) is 4.90 Å². The fraction of sp³-hybridized carbons (Fsp3) is 0.556. The molecule has 0 aliphatic heterocycles. The van der Waals surface area contributed by atoms with E-state index in [0.717, 1.165) is 6.42 Å². The van der Waals surface area contributed by atoms with Crippen molar-refractivity contribution in [2.24, 2.45) is 0 Å². The zero-order valence-electron chi connectivity index (χ0n) is 12.8. The number of amides is 1. The van der Waals surface area contributed by atoms with Crippen LogP contribution < -0.4 is 0 Å². The second-order valence-electron chi connectivity index (χ2n) is 5.84. The van der Waals surface area contributed by atoms with Gasteiger partial charge in [0.05, 0.1) is 6.07 Å². The highest BCUT2D eigenvalue weighted by Gasteiger charge is 2.17. The van der Waals surface area contributed by atoms with Gasteiger partial charge in [-0.1, -0.05) is 38.3 Å². The molecule has 3 heteroatoms. The number of hydrogen-bond donors (Lipinski definition) is 0. The third-order valence-electron chi connectivity index (χ3n) is 4.28. The van der Waals surface area contributed by atoms with E-state index in [-0.39, 0.29) is 12.5 Å². The van der Waals surface area contributed by atoms with Crippen LogP contribution in [0.5, 0.6) is 0 Å². The quantitative estimate of drug-likeness (QED) is 0.764. The molecule has 0 saturated heterocycles. The molecular weight excluding hydrogens is 260 g/mol. The molecule has 1 aliphatic rings. The van der Waals surface area contributed by atoms with Gasteiger partial charge in [-0.15, -0.1) is 0 Å². The van der Waals surface area contributed by atoms with Crippen molar-refractivity contribution in [3.63, 3.8) is 0 Å². The molecule has 0 radical (unpaired) electrons. The van der Waals surface area contributed by atoms with Gasteiger partial charge in [0.2, 0.25) is 0 Å². The van der Waals surface area contributed by atoms with E-state index in [9.17, 15) is 4.79 Å². The highest BCUT2D eigenvalue weighted by molar-refractivity contribution is 5.94. The minimum Gasteiger partial charge on any atom is -0.325 e. The summed E-state index contributed by atoms with van der Waals surface area (Å²) >= 11 is 0. The number of carbonyl (C=O) groups is 1. The maximum absolute atomic E-state index is 12.4. The van der Waals surface area contributed by atoms with Crippen LogP contribution in [-0.4, -0.2) is 23.9 Å². The second-order valence-corrected chi connectivity index (χ2v) is 5.84. The SMILES string of the molecule is CCCN(CC#N)C(=O)c1ccc(C2CCCCC2)cc1. The Balaban J connectivity index is 2.06. The highest BCUT2D eigenvalue weighted by Crippen LogP contribution is 2.32. The summed E-state index contributed by atoms with van der Waals surface area (Å²) in [5, 5.41) is 8.83. The van der Waals surface area contributed by atoms with Crippen molar-refractivity contribution in [1.29, 1.82) is 5.26 Å². The van der Waals surface area contributed by atoms with Gasteiger partial charge in [-0.25, -0.2) is 0 Å². The Hall–Kier alpha value is -1.82. The van der Waals surface area contributed by atoms with Crippen LogP contribution in [0.3, 0.4) is 0 Å². The number of nitrogens with zero attached hydrogens (tertiary/aromatic N) is 2. The highest BCUT2D eigenvalue weighted by atomic mass is 16.2. The second kappa shape index (κ2) is 7.83. The zero-order chi connectivity index (χ0) is 15.1. The Bertz CT molecular complexity index is 495. The van der Waals surface area contributed by atoms with E-state index in [2.05, 4.69) is 18.2 Å². The fourth-order valence-electron chi connectivity index (χ4n) is 3.12. The van der Waals surface area contributed by atoms with Crippen LogP contribution in [0.2, 0.25) is 0 Å². The van der Waals surface area contributed by atoms with Gasteiger partial charge in [0.25, 0.3) is 5.91 Å². The molecule has 2 rings (SSSR count). The molecule has 1 amide bonds. The summed E-state index contributed by atoms with van der Waals surface area (Å²) in [5.41, 5.74) is 2.05. The van der Waals surface area contributed by atoms with Gasteiger partial charge >= 0.3 is 0 Å². The lowest BCUT2D eigenvalue weighted by molar-refractivity contribution is 0.0776. The molecular formula is C18H24N2O. The summed E-state index contributed by atoms with van der Waals surface area (Å²) in [4.78, 5) is 14.0. The molecule has 1 aliphatic carbocycles. The van der Waals surface area contributed by atoms with Crippen LogP contribution in [0.1, 0.15) is 67.3 Å². The lowest BCUT2D eigenvalue weighted by atomic mass is 9.84. The molecule has 0 spiro atoms. The minimum absolute atomic E-state index is 0.0337. The molecule has 1 saturated carbocycles. The van der Waals surface area contributed by atoms with Gasteiger partial charge in [-0.3, -0.25) is 4.79 Å². The van der Waals surface area contributed by atoms with Gasteiger partial charge in [-0.2, -0.15) is 5.26 Å². The molecule has 0 unspecified atom stereocenters. The Kier molecular flexibility index (Phi) is 5.80. The molecule has 0 bridgehead atoms. The molecule has 112 valence electrons. The molecule has 0 heterocycles. The van der Waals surface area contributed by atoms with Crippen molar-refractivity contribution in [3.05, 3.63) is 35.4 Å². The van der Waals surface area contributed by atoms with Gasteiger partial charge < -0.3 is 4.90 Å². The van der Waals surface area contributed by atoms with E-state index in [1.54, 1.807) is 4.90 Å². The molecule has 0 aromatic heterocycles. The van der Waals surface area contributed by atoms with Crippen molar-refractivity contribution in [2.75, 3.05) is 13.1 Å². The average Bonchev–Trinajstić information content (AvgIpc) is 2.55. The first kappa shape index (κ1) is 15.6. The van der Waals surface area contributed by atoms with Crippen molar-refractivity contribution in [2.45, 2.75) is 51.4 Å². The third kappa shape index (κ3) is 4.07. The lowest BCUT2D eigenvalue weighted by Crippen LogP contribution is -2.32. The van der Waals surface area contributed by atoms with E-state index in [0.29, 0.717) is 18.0 Å². The Morgan fingerprint density at radius 3 is 2.48 bits per heavy atom.